The van der Waals surface area contributed by atoms with E-state index in [0.29, 0.717) is 6.54 Å². The average molecular weight is 299 g/mol. The highest BCUT2D eigenvalue weighted by Crippen LogP contribution is 2.29. The second-order valence-corrected chi connectivity index (χ2v) is 5.15. The van der Waals surface area contributed by atoms with E-state index in [9.17, 15) is 4.79 Å². The zero-order valence-electron chi connectivity index (χ0n) is 11.8. The van der Waals surface area contributed by atoms with Crippen LogP contribution in [0.25, 0.3) is 0 Å². The zero-order chi connectivity index (χ0) is 13.7. The molecule has 3 N–H and O–H groups in total. The van der Waals surface area contributed by atoms with Gasteiger partial charge in [0.15, 0.2) is 0 Å². The van der Waals surface area contributed by atoms with E-state index in [4.69, 9.17) is 10.5 Å². The van der Waals surface area contributed by atoms with Crippen molar-refractivity contribution >= 4 is 24.0 Å². The van der Waals surface area contributed by atoms with E-state index in [1.807, 2.05) is 31.2 Å². The molecule has 1 unspecified atom stereocenters. The number of amides is 1. The molecule has 1 saturated carbocycles. The molecule has 1 aromatic rings. The molecule has 0 heterocycles. The molecule has 0 aromatic heterocycles. The van der Waals surface area contributed by atoms with Crippen LogP contribution in [0.3, 0.4) is 0 Å². The van der Waals surface area contributed by atoms with Crippen molar-refractivity contribution in [1.82, 2.24) is 0 Å². The quantitative estimate of drug-likeness (QED) is 0.878. The predicted molar refractivity (Wildman–Crippen MR) is 83.4 cm³/mol. The third-order valence-electron chi connectivity index (χ3n) is 3.54. The maximum Gasteiger partial charge on any atom is 0.228 e. The Balaban J connectivity index is 0.00000200. The summed E-state index contributed by atoms with van der Waals surface area (Å²) in [6.45, 7) is 2.16. The lowest BCUT2D eigenvalue weighted by Gasteiger charge is -2.17. The molecular weight excluding hydrogens is 276 g/mol. The lowest BCUT2D eigenvalue weighted by molar-refractivity contribution is -0.119. The molecule has 0 aliphatic heterocycles. The lowest BCUT2D eigenvalue weighted by atomic mass is 10.1. The number of anilines is 1. The van der Waals surface area contributed by atoms with E-state index in [0.717, 1.165) is 24.3 Å². The number of nitrogens with one attached hydrogen (secondary N) is 1. The number of halogens is 1. The van der Waals surface area contributed by atoms with E-state index in [1.165, 1.54) is 12.8 Å². The summed E-state index contributed by atoms with van der Waals surface area (Å²) in [5.41, 5.74) is 6.24. The minimum absolute atomic E-state index is 0. The van der Waals surface area contributed by atoms with Gasteiger partial charge in [0.05, 0.1) is 11.8 Å². The molecule has 112 valence electrons. The van der Waals surface area contributed by atoms with Crippen LogP contribution < -0.4 is 15.8 Å². The Bertz CT molecular complexity index is 434. The zero-order valence-corrected chi connectivity index (χ0v) is 12.6. The monoisotopic (exact) mass is 298 g/mol. The summed E-state index contributed by atoms with van der Waals surface area (Å²) in [5.74, 6) is 0.497. The Labute approximate surface area is 126 Å². The summed E-state index contributed by atoms with van der Waals surface area (Å²) in [5, 5.41) is 2.89. The highest BCUT2D eigenvalue weighted by molar-refractivity contribution is 5.93. The largest absolute Gasteiger partial charge is 0.488 e. The summed E-state index contributed by atoms with van der Waals surface area (Å²) >= 11 is 0. The molecule has 0 radical (unpaired) electrons. The van der Waals surface area contributed by atoms with E-state index in [2.05, 4.69) is 5.32 Å². The molecule has 1 aliphatic carbocycles. The topological polar surface area (TPSA) is 64.4 Å². The normalized spacial score (nSPS) is 16.3. The summed E-state index contributed by atoms with van der Waals surface area (Å²) in [6, 6.07) is 7.59. The lowest BCUT2D eigenvalue weighted by Crippen LogP contribution is -2.27. The van der Waals surface area contributed by atoms with Crippen LogP contribution in [0.15, 0.2) is 24.3 Å². The second kappa shape index (κ2) is 8.12. The molecule has 0 bridgehead atoms. The number of carbonyl (C=O) groups is 1. The van der Waals surface area contributed by atoms with Gasteiger partial charge in [-0.25, -0.2) is 0 Å². The number of hydrogen-bond donors (Lipinski definition) is 2. The maximum absolute atomic E-state index is 11.9. The minimum Gasteiger partial charge on any atom is -0.488 e. The Morgan fingerprint density at radius 3 is 2.70 bits per heavy atom. The third-order valence-corrected chi connectivity index (χ3v) is 3.54. The van der Waals surface area contributed by atoms with E-state index in [-0.39, 0.29) is 30.3 Å². The summed E-state index contributed by atoms with van der Waals surface area (Å²) in [6.07, 6.45) is 4.93. The summed E-state index contributed by atoms with van der Waals surface area (Å²) in [7, 11) is 0. The van der Waals surface area contributed by atoms with Gasteiger partial charge in [-0.1, -0.05) is 19.1 Å². The maximum atomic E-state index is 11.9. The van der Waals surface area contributed by atoms with Gasteiger partial charge in [-0.05, 0) is 37.8 Å². The van der Waals surface area contributed by atoms with Crippen LogP contribution in [-0.2, 0) is 4.79 Å². The van der Waals surface area contributed by atoms with Crippen molar-refractivity contribution in [1.29, 1.82) is 0 Å². The SMILES string of the molecule is CC(CN)C(=O)Nc1ccccc1OC1CCCC1.Cl. The molecule has 4 nitrogen and oxygen atoms in total. The number of rotatable bonds is 5. The Hall–Kier alpha value is -1.26. The second-order valence-electron chi connectivity index (χ2n) is 5.15. The Kier molecular flexibility index (Phi) is 6.82. The third kappa shape index (κ3) is 4.39. The predicted octanol–water partition coefficient (Wildman–Crippen LogP) is 2.96. The summed E-state index contributed by atoms with van der Waals surface area (Å²) < 4.78 is 5.97. The standard InChI is InChI=1S/C15H22N2O2.ClH/c1-11(10-16)15(18)17-13-8-4-5-9-14(13)19-12-6-2-3-7-12;/h4-5,8-9,11-12H,2-3,6-7,10,16H2,1H3,(H,17,18);1H. The fourth-order valence-corrected chi connectivity index (χ4v) is 2.22. The molecular formula is C15H23ClN2O2. The van der Waals surface area contributed by atoms with Crippen molar-refractivity contribution in [3.05, 3.63) is 24.3 Å². The number of ether oxygens (including phenoxy) is 1. The van der Waals surface area contributed by atoms with Crippen LogP contribution in [0.5, 0.6) is 5.75 Å². The highest BCUT2D eigenvalue weighted by atomic mass is 35.5. The van der Waals surface area contributed by atoms with Crippen molar-refractivity contribution in [2.45, 2.75) is 38.7 Å². The van der Waals surface area contributed by atoms with Crippen LogP contribution in [0.2, 0.25) is 0 Å². The molecule has 1 aliphatic rings. The van der Waals surface area contributed by atoms with Gasteiger partial charge in [0, 0.05) is 12.5 Å². The van der Waals surface area contributed by atoms with Crippen molar-refractivity contribution < 1.29 is 9.53 Å². The molecule has 1 amide bonds. The fraction of sp³-hybridized carbons (Fsp3) is 0.533. The van der Waals surface area contributed by atoms with E-state index in [1.54, 1.807) is 0 Å². The fourth-order valence-electron chi connectivity index (χ4n) is 2.22. The first-order valence-corrected chi connectivity index (χ1v) is 6.97. The van der Waals surface area contributed by atoms with Crippen LogP contribution in [0, 0.1) is 5.92 Å². The van der Waals surface area contributed by atoms with Gasteiger partial charge in [-0.3, -0.25) is 4.79 Å². The Morgan fingerprint density at radius 1 is 1.40 bits per heavy atom. The van der Waals surface area contributed by atoms with Gasteiger partial charge in [-0.2, -0.15) is 0 Å². The molecule has 5 heteroatoms. The first-order chi connectivity index (χ1) is 9.20. The minimum atomic E-state index is -0.195. The first kappa shape index (κ1) is 16.8. The Morgan fingerprint density at radius 2 is 2.05 bits per heavy atom. The molecule has 0 spiro atoms. The number of nitrogens with two attached hydrogens (primary N) is 1. The molecule has 1 atom stereocenters. The van der Waals surface area contributed by atoms with Gasteiger partial charge < -0.3 is 15.8 Å². The van der Waals surface area contributed by atoms with Gasteiger partial charge in [0.25, 0.3) is 0 Å². The number of carbonyl (C=O) groups excluding carboxylic acids is 1. The van der Waals surface area contributed by atoms with Crippen molar-refractivity contribution in [2.24, 2.45) is 11.7 Å². The van der Waals surface area contributed by atoms with Gasteiger partial charge >= 0.3 is 0 Å². The van der Waals surface area contributed by atoms with Gasteiger partial charge in [0.2, 0.25) is 5.91 Å². The van der Waals surface area contributed by atoms with Crippen LogP contribution in [-0.4, -0.2) is 18.6 Å². The summed E-state index contributed by atoms with van der Waals surface area (Å²) in [4.78, 5) is 11.9. The van der Waals surface area contributed by atoms with Crippen molar-refractivity contribution in [3.63, 3.8) is 0 Å². The number of hydrogen-bond acceptors (Lipinski definition) is 3. The molecule has 20 heavy (non-hydrogen) atoms. The van der Waals surface area contributed by atoms with Crippen LogP contribution >= 0.6 is 12.4 Å². The van der Waals surface area contributed by atoms with Crippen molar-refractivity contribution in [3.8, 4) is 5.75 Å². The molecule has 1 fully saturated rings. The first-order valence-electron chi connectivity index (χ1n) is 6.97. The van der Waals surface area contributed by atoms with Crippen molar-refractivity contribution in [2.75, 3.05) is 11.9 Å². The number of benzene rings is 1. The molecule has 0 saturated heterocycles. The number of para-hydroxylation sites is 2. The van der Waals surface area contributed by atoms with Crippen LogP contribution in [0.1, 0.15) is 32.6 Å². The van der Waals surface area contributed by atoms with Gasteiger partial charge in [0.1, 0.15) is 5.75 Å². The van der Waals surface area contributed by atoms with E-state index < -0.39 is 0 Å². The average Bonchev–Trinajstić information content (AvgIpc) is 2.93. The van der Waals surface area contributed by atoms with E-state index >= 15 is 0 Å². The van der Waals surface area contributed by atoms with Crippen LogP contribution in [0.4, 0.5) is 5.69 Å². The smallest absolute Gasteiger partial charge is 0.228 e. The highest BCUT2D eigenvalue weighted by Gasteiger charge is 2.19. The molecule has 1 aromatic carbocycles. The molecule has 2 rings (SSSR count). The van der Waals surface area contributed by atoms with Gasteiger partial charge in [-0.15, -0.1) is 12.4 Å².